The standard InChI is InChI=1S/C14H18Br/c1-13(2)7-8-14(3,4)12-9-10(15)5-6-11(12)13/h5,9H,7-8H2,1-4H3. The molecule has 1 heteroatoms. The molecule has 0 fully saturated rings. The van der Waals surface area contributed by atoms with E-state index in [1.54, 1.807) is 0 Å². The normalized spacial score (nSPS) is 22.2. The Kier molecular flexibility index (Phi) is 2.50. The van der Waals surface area contributed by atoms with Crippen LogP contribution in [0, 0.1) is 6.07 Å². The molecule has 0 saturated carbocycles. The highest BCUT2D eigenvalue weighted by Crippen LogP contribution is 2.46. The van der Waals surface area contributed by atoms with E-state index in [9.17, 15) is 0 Å². The van der Waals surface area contributed by atoms with Crippen molar-refractivity contribution >= 4 is 15.9 Å². The number of halogens is 1. The second kappa shape index (κ2) is 3.35. The van der Waals surface area contributed by atoms with E-state index in [1.807, 2.05) is 6.07 Å². The second-order valence-electron chi connectivity index (χ2n) is 5.87. The molecule has 1 aromatic rings. The molecule has 0 unspecified atom stereocenters. The molecule has 2 rings (SSSR count). The van der Waals surface area contributed by atoms with Crippen molar-refractivity contribution in [1.82, 2.24) is 0 Å². The van der Waals surface area contributed by atoms with Crippen molar-refractivity contribution in [2.24, 2.45) is 0 Å². The molecule has 0 aromatic heterocycles. The van der Waals surface area contributed by atoms with Crippen LogP contribution in [0.1, 0.15) is 51.7 Å². The summed E-state index contributed by atoms with van der Waals surface area (Å²) in [7, 11) is 0. The smallest absolute Gasteiger partial charge is 0.0184 e. The van der Waals surface area contributed by atoms with Gasteiger partial charge in [-0.05, 0) is 53.0 Å². The van der Waals surface area contributed by atoms with Crippen molar-refractivity contribution in [3.8, 4) is 0 Å². The van der Waals surface area contributed by atoms with Crippen molar-refractivity contribution in [3.05, 3.63) is 33.8 Å². The first-order valence-corrected chi connectivity index (χ1v) is 6.34. The van der Waals surface area contributed by atoms with E-state index in [-0.39, 0.29) is 5.41 Å². The predicted molar refractivity (Wildman–Crippen MR) is 68.3 cm³/mol. The van der Waals surface area contributed by atoms with E-state index in [4.69, 9.17) is 0 Å². The SMILES string of the molecule is CC1(C)CCC(C)(C)c2cc(Br)c[c]c21. The largest absolute Gasteiger partial charge is 0.0558 e. The minimum atomic E-state index is 0.283. The molecular weight excluding hydrogens is 248 g/mol. The maximum atomic E-state index is 3.55. The zero-order valence-corrected chi connectivity index (χ0v) is 11.5. The van der Waals surface area contributed by atoms with Gasteiger partial charge in [0.2, 0.25) is 0 Å². The van der Waals surface area contributed by atoms with Crippen LogP contribution in [-0.2, 0) is 10.8 Å². The minimum Gasteiger partial charge on any atom is -0.0558 e. The minimum absolute atomic E-state index is 0.283. The summed E-state index contributed by atoms with van der Waals surface area (Å²) in [4.78, 5) is 0. The molecule has 0 aliphatic heterocycles. The van der Waals surface area contributed by atoms with Crippen molar-refractivity contribution in [2.45, 2.75) is 51.4 Å². The van der Waals surface area contributed by atoms with Crippen LogP contribution in [0.5, 0.6) is 0 Å². The number of rotatable bonds is 0. The fourth-order valence-electron chi connectivity index (χ4n) is 2.45. The zero-order chi connectivity index (χ0) is 11.3. The Balaban J connectivity index is 2.64. The van der Waals surface area contributed by atoms with Gasteiger partial charge >= 0.3 is 0 Å². The highest BCUT2D eigenvalue weighted by atomic mass is 79.9. The van der Waals surface area contributed by atoms with E-state index >= 15 is 0 Å². The zero-order valence-electron chi connectivity index (χ0n) is 9.95. The highest BCUT2D eigenvalue weighted by molar-refractivity contribution is 9.10. The summed E-state index contributed by atoms with van der Waals surface area (Å²) in [6.07, 6.45) is 2.52. The maximum Gasteiger partial charge on any atom is 0.0184 e. The summed E-state index contributed by atoms with van der Waals surface area (Å²) in [6.45, 7) is 9.32. The van der Waals surface area contributed by atoms with Crippen LogP contribution in [0.3, 0.4) is 0 Å². The lowest BCUT2D eigenvalue weighted by atomic mass is 9.63. The fourth-order valence-corrected chi connectivity index (χ4v) is 2.79. The van der Waals surface area contributed by atoms with Gasteiger partial charge in [-0.2, -0.15) is 0 Å². The maximum absolute atomic E-state index is 3.55. The molecule has 1 aliphatic carbocycles. The predicted octanol–water partition coefficient (Wildman–Crippen LogP) is 4.60. The highest BCUT2D eigenvalue weighted by Gasteiger charge is 2.36. The molecule has 81 valence electrons. The van der Waals surface area contributed by atoms with Crippen LogP contribution in [-0.4, -0.2) is 0 Å². The third-order valence-corrected chi connectivity index (χ3v) is 4.14. The number of fused-ring (bicyclic) bond motifs is 1. The van der Waals surface area contributed by atoms with Gasteiger partial charge in [-0.1, -0.05) is 43.6 Å². The Morgan fingerprint density at radius 1 is 1.13 bits per heavy atom. The summed E-state index contributed by atoms with van der Waals surface area (Å²) >= 11 is 3.55. The summed E-state index contributed by atoms with van der Waals surface area (Å²) in [5, 5.41) is 0. The lowest BCUT2D eigenvalue weighted by molar-refractivity contribution is 0.331. The quantitative estimate of drug-likeness (QED) is 0.643. The van der Waals surface area contributed by atoms with Crippen LogP contribution in [0.4, 0.5) is 0 Å². The summed E-state index contributed by atoms with van der Waals surface area (Å²) in [5.74, 6) is 0. The van der Waals surface area contributed by atoms with Gasteiger partial charge in [-0.3, -0.25) is 0 Å². The summed E-state index contributed by atoms with van der Waals surface area (Å²) < 4.78 is 1.15. The van der Waals surface area contributed by atoms with Gasteiger partial charge in [0.1, 0.15) is 0 Å². The molecule has 0 nitrogen and oxygen atoms in total. The molecule has 1 aromatic carbocycles. The van der Waals surface area contributed by atoms with E-state index in [0.29, 0.717) is 5.41 Å². The van der Waals surface area contributed by atoms with Gasteiger partial charge in [0.05, 0.1) is 0 Å². The molecule has 0 atom stereocenters. The molecule has 0 N–H and O–H groups in total. The second-order valence-corrected chi connectivity index (χ2v) is 6.79. The van der Waals surface area contributed by atoms with Gasteiger partial charge in [0, 0.05) is 4.47 Å². The topological polar surface area (TPSA) is 0 Å². The first-order valence-electron chi connectivity index (χ1n) is 5.55. The summed E-state index contributed by atoms with van der Waals surface area (Å²) in [5.41, 5.74) is 3.45. The van der Waals surface area contributed by atoms with E-state index < -0.39 is 0 Å². The number of hydrogen-bond acceptors (Lipinski definition) is 0. The molecule has 1 aliphatic rings. The van der Waals surface area contributed by atoms with Gasteiger partial charge in [0.25, 0.3) is 0 Å². The molecule has 1 radical (unpaired) electrons. The van der Waals surface area contributed by atoms with E-state index in [0.717, 1.165) is 4.47 Å². The Bertz CT molecular complexity index is 388. The van der Waals surface area contributed by atoms with Crippen LogP contribution in [0.25, 0.3) is 0 Å². The Morgan fingerprint density at radius 2 is 1.73 bits per heavy atom. The first kappa shape index (κ1) is 11.2. The first-order chi connectivity index (χ1) is 6.83. The third kappa shape index (κ3) is 1.87. The lowest BCUT2D eigenvalue weighted by Gasteiger charge is -2.41. The van der Waals surface area contributed by atoms with Crippen LogP contribution >= 0.6 is 15.9 Å². The van der Waals surface area contributed by atoms with Crippen molar-refractivity contribution in [1.29, 1.82) is 0 Å². The van der Waals surface area contributed by atoms with Crippen LogP contribution < -0.4 is 0 Å². The fraction of sp³-hybridized carbons (Fsp3) is 0.571. The van der Waals surface area contributed by atoms with Gasteiger partial charge in [-0.25, -0.2) is 0 Å². The van der Waals surface area contributed by atoms with Gasteiger partial charge < -0.3 is 0 Å². The molecule has 15 heavy (non-hydrogen) atoms. The lowest BCUT2D eigenvalue weighted by Crippen LogP contribution is -2.33. The average molecular weight is 266 g/mol. The van der Waals surface area contributed by atoms with Crippen LogP contribution in [0.2, 0.25) is 0 Å². The number of benzene rings is 1. The molecule has 0 bridgehead atoms. The van der Waals surface area contributed by atoms with E-state index in [2.05, 4.69) is 55.8 Å². The average Bonchev–Trinajstić information content (AvgIpc) is 2.13. The molecule has 0 heterocycles. The summed E-state index contributed by atoms with van der Waals surface area (Å²) in [6, 6.07) is 7.77. The molecule has 0 amide bonds. The van der Waals surface area contributed by atoms with Gasteiger partial charge in [-0.15, -0.1) is 0 Å². The van der Waals surface area contributed by atoms with Crippen molar-refractivity contribution < 1.29 is 0 Å². The Hall–Kier alpha value is -0.300. The third-order valence-electron chi connectivity index (χ3n) is 3.69. The van der Waals surface area contributed by atoms with E-state index in [1.165, 1.54) is 24.0 Å². The molecular formula is C14H18Br. The Labute approximate surface area is 101 Å². The van der Waals surface area contributed by atoms with Crippen molar-refractivity contribution in [2.75, 3.05) is 0 Å². The van der Waals surface area contributed by atoms with Crippen molar-refractivity contribution in [3.63, 3.8) is 0 Å². The van der Waals surface area contributed by atoms with Gasteiger partial charge in [0.15, 0.2) is 0 Å². The number of hydrogen-bond donors (Lipinski definition) is 0. The molecule has 0 spiro atoms. The Morgan fingerprint density at radius 3 is 2.40 bits per heavy atom. The van der Waals surface area contributed by atoms with Crippen LogP contribution in [0.15, 0.2) is 16.6 Å². The molecule has 0 saturated heterocycles. The monoisotopic (exact) mass is 265 g/mol.